The number of nitrogens with two attached hydrogens (primary N) is 1. The third-order valence-corrected chi connectivity index (χ3v) is 3.05. The summed E-state index contributed by atoms with van der Waals surface area (Å²) in [5.74, 6) is 0.182. The third-order valence-electron chi connectivity index (χ3n) is 3.05. The van der Waals surface area contributed by atoms with Crippen LogP contribution in [0.3, 0.4) is 0 Å². The Balaban J connectivity index is 1.92. The Bertz CT molecular complexity index is 372. The molecule has 4 N–H and O–H groups in total. The lowest BCUT2D eigenvalue weighted by Gasteiger charge is -2.20. The summed E-state index contributed by atoms with van der Waals surface area (Å²) < 4.78 is 14.1. The molecule has 1 aromatic rings. The van der Waals surface area contributed by atoms with Gasteiger partial charge in [0.05, 0.1) is 0 Å². The van der Waals surface area contributed by atoms with E-state index in [1.54, 1.807) is 24.3 Å². The smallest absolute Gasteiger partial charge is 0.129 e. The van der Waals surface area contributed by atoms with Crippen LogP contribution in [0.2, 0.25) is 0 Å². The van der Waals surface area contributed by atoms with Crippen LogP contribution in [0.1, 0.15) is 19.3 Å². The largest absolute Gasteiger partial charge is 0.508 e. The summed E-state index contributed by atoms with van der Waals surface area (Å²) in [5.41, 5.74) is 5.23. The van der Waals surface area contributed by atoms with Crippen molar-refractivity contribution in [1.29, 1.82) is 0 Å². The molecule has 0 heterocycles. The standard InChI is InChI=1S/C12H17FN2O/c13-12(5-4-9(14)7-12)8-15-10-2-1-3-11(16)6-10/h1-3,6,9,15-16H,4-5,7-8,14H2. The number of hydrogen-bond acceptors (Lipinski definition) is 3. The predicted molar refractivity (Wildman–Crippen MR) is 62.3 cm³/mol. The molecule has 0 spiro atoms. The zero-order chi connectivity index (χ0) is 11.6. The van der Waals surface area contributed by atoms with E-state index in [1.807, 2.05) is 0 Å². The maximum Gasteiger partial charge on any atom is 0.129 e. The fraction of sp³-hybridized carbons (Fsp3) is 0.500. The molecule has 2 rings (SSSR count). The van der Waals surface area contributed by atoms with Gasteiger partial charge in [-0.2, -0.15) is 0 Å². The Morgan fingerprint density at radius 2 is 2.38 bits per heavy atom. The SMILES string of the molecule is NC1CCC(F)(CNc2cccc(O)c2)C1. The molecule has 0 aromatic heterocycles. The molecule has 1 saturated carbocycles. The van der Waals surface area contributed by atoms with Crippen molar-refractivity contribution in [1.82, 2.24) is 0 Å². The molecule has 2 unspecified atom stereocenters. The summed E-state index contributed by atoms with van der Waals surface area (Å²) in [6.45, 7) is 0.254. The van der Waals surface area contributed by atoms with Gasteiger partial charge in [0.2, 0.25) is 0 Å². The van der Waals surface area contributed by atoms with Crippen molar-refractivity contribution in [2.45, 2.75) is 31.0 Å². The van der Waals surface area contributed by atoms with Crippen molar-refractivity contribution in [3.63, 3.8) is 0 Å². The highest BCUT2D eigenvalue weighted by Gasteiger charge is 2.37. The van der Waals surface area contributed by atoms with Crippen molar-refractivity contribution < 1.29 is 9.50 Å². The number of rotatable bonds is 3. The molecule has 88 valence electrons. The molecular weight excluding hydrogens is 207 g/mol. The number of aromatic hydroxyl groups is 1. The van der Waals surface area contributed by atoms with Crippen molar-refractivity contribution >= 4 is 5.69 Å². The number of alkyl halides is 1. The zero-order valence-corrected chi connectivity index (χ0v) is 9.12. The first kappa shape index (κ1) is 11.2. The van der Waals surface area contributed by atoms with E-state index in [-0.39, 0.29) is 18.3 Å². The highest BCUT2D eigenvalue weighted by molar-refractivity contribution is 5.47. The molecule has 0 aliphatic heterocycles. The van der Waals surface area contributed by atoms with E-state index in [4.69, 9.17) is 5.73 Å². The summed E-state index contributed by atoms with van der Waals surface area (Å²) in [6.07, 6.45) is 1.68. The number of hydrogen-bond donors (Lipinski definition) is 3. The third kappa shape index (κ3) is 2.64. The van der Waals surface area contributed by atoms with E-state index in [2.05, 4.69) is 5.32 Å². The summed E-state index contributed by atoms with van der Waals surface area (Å²) in [7, 11) is 0. The van der Waals surface area contributed by atoms with Gasteiger partial charge in [-0.1, -0.05) is 6.07 Å². The zero-order valence-electron chi connectivity index (χ0n) is 9.12. The first-order chi connectivity index (χ1) is 7.57. The average molecular weight is 224 g/mol. The Labute approximate surface area is 94.5 Å². The number of halogens is 1. The number of benzene rings is 1. The van der Waals surface area contributed by atoms with E-state index in [9.17, 15) is 9.50 Å². The van der Waals surface area contributed by atoms with Crippen molar-refractivity contribution in [2.75, 3.05) is 11.9 Å². The van der Waals surface area contributed by atoms with Gasteiger partial charge in [-0.05, 0) is 31.4 Å². The highest BCUT2D eigenvalue weighted by Crippen LogP contribution is 2.33. The molecule has 0 saturated heterocycles. The normalized spacial score (nSPS) is 29.2. The Hall–Kier alpha value is -1.29. The van der Waals surface area contributed by atoms with Crippen LogP contribution in [0.15, 0.2) is 24.3 Å². The lowest BCUT2D eigenvalue weighted by Crippen LogP contribution is -2.31. The van der Waals surface area contributed by atoms with Crippen molar-refractivity contribution in [2.24, 2.45) is 5.73 Å². The van der Waals surface area contributed by atoms with Gasteiger partial charge in [-0.25, -0.2) is 4.39 Å². The summed E-state index contributed by atoms with van der Waals surface area (Å²) in [6, 6.07) is 6.68. The van der Waals surface area contributed by atoms with Crippen LogP contribution < -0.4 is 11.1 Å². The highest BCUT2D eigenvalue weighted by atomic mass is 19.1. The summed E-state index contributed by atoms with van der Waals surface area (Å²) >= 11 is 0. The quantitative estimate of drug-likeness (QED) is 0.736. The van der Waals surface area contributed by atoms with Gasteiger partial charge in [0.15, 0.2) is 0 Å². The topological polar surface area (TPSA) is 58.3 Å². The van der Waals surface area contributed by atoms with Crippen LogP contribution in [0.5, 0.6) is 5.75 Å². The van der Waals surface area contributed by atoms with E-state index in [1.165, 1.54) is 0 Å². The summed E-state index contributed by atoms with van der Waals surface area (Å²) in [5, 5.41) is 12.3. The van der Waals surface area contributed by atoms with Crippen LogP contribution in [0.4, 0.5) is 10.1 Å². The average Bonchev–Trinajstić information content (AvgIpc) is 2.57. The molecule has 1 fully saturated rings. The van der Waals surface area contributed by atoms with Crippen LogP contribution in [-0.4, -0.2) is 23.4 Å². The van der Waals surface area contributed by atoms with Gasteiger partial charge in [0.25, 0.3) is 0 Å². The molecule has 1 aliphatic carbocycles. The van der Waals surface area contributed by atoms with E-state index < -0.39 is 5.67 Å². The van der Waals surface area contributed by atoms with Crippen LogP contribution in [-0.2, 0) is 0 Å². The van der Waals surface area contributed by atoms with Gasteiger partial charge >= 0.3 is 0 Å². The molecule has 0 amide bonds. The van der Waals surface area contributed by atoms with Crippen molar-refractivity contribution in [3.8, 4) is 5.75 Å². The first-order valence-electron chi connectivity index (χ1n) is 5.55. The lowest BCUT2D eigenvalue weighted by molar-refractivity contribution is 0.187. The number of phenols is 1. The number of phenolic OH excluding ortho intramolecular Hbond substituents is 1. The van der Waals surface area contributed by atoms with Crippen LogP contribution >= 0.6 is 0 Å². The minimum atomic E-state index is -1.20. The lowest BCUT2D eigenvalue weighted by atomic mass is 10.0. The molecule has 0 radical (unpaired) electrons. The molecule has 3 nitrogen and oxygen atoms in total. The Morgan fingerprint density at radius 3 is 3.00 bits per heavy atom. The molecule has 1 aromatic carbocycles. The fourth-order valence-corrected chi connectivity index (χ4v) is 2.15. The minimum absolute atomic E-state index is 0.0176. The van der Waals surface area contributed by atoms with E-state index in [0.29, 0.717) is 12.8 Å². The van der Waals surface area contributed by atoms with Crippen molar-refractivity contribution in [3.05, 3.63) is 24.3 Å². The van der Waals surface area contributed by atoms with Gasteiger partial charge < -0.3 is 16.2 Å². The van der Waals surface area contributed by atoms with Crippen LogP contribution in [0.25, 0.3) is 0 Å². The summed E-state index contributed by atoms with van der Waals surface area (Å²) in [4.78, 5) is 0. The Morgan fingerprint density at radius 1 is 1.56 bits per heavy atom. The van der Waals surface area contributed by atoms with E-state index in [0.717, 1.165) is 12.1 Å². The van der Waals surface area contributed by atoms with Gasteiger partial charge in [-0.15, -0.1) is 0 Å². The molecule has 4 heteroatoms. The second-order valence-corrected chi connectivity index (χ2v) is 4.56. The molecule has 16 heavy (non-hydrogen) atoms. The molecule has 1 aliphatic rings. The molecular formula is C12H17FN2O. The maximum absolute atomic E-state index is 14.1. The minimum Gasteiger partial charge on any atom is -0.508 e. The first-order valence-corrected chi connectivity index (χ1v) is 5.55. The Kier molecular flexibility index (Phi) is 3.01. The second kappa shape index (κ2) is 4.29. The van der Waals surface area contributed by atoms with Gasteiger partial charge in [0.1, 0.15) is 11.4 Å². The van der Waals surface area contributed by atoms with Crippen LogP contribution in [0, 0.1) is 0 Å². The van der Waals surface area contributed by atoms with Gasteiger partial charge in [0, 0.05) is 24.3 Å². The van der Waals surface area contributed by atoms with E-state index >= 15 is 0 Å². The second-order valence-electron chi connectivity index (χ2n) is 4.56. The number of nitrogens with one attached hydrogen (secondary N) is 1. The van der Waals surface area contributed by atoms with Gasteiger partial charge in [-0.3, -0.25) is 0 Å². The monoisotopic (exact) mass is 224 g/mol. The molecule has 2 atom stereocenters. The molecule has 0 bridgehead atoms. The number of anilines is 1. The maximum atomic E-state index is 14.1. The predicted octanol–water partition coefficient (Wildman–Crippen LogP) is 2.02. The fourth-order valence-electron chi connectivity index (χ4n) is 2.15.